The summed E-state index contributed by atoms with van der Waals surface area (Å²) in [5, 5.41) is 7.94. The largest absolute Gasteiger partial charge is 0.490 e. The van der Waals surface area contributed by atoms with Crippen molar-refractivity contribution in [1.82, 2.24) is 0 Å². The molecule has 1 aromatic carbocycles. The van der Waals surface area contributed by atoms with E-state index < -0.39 is 0 Å². The van der Waals surface area contributed by atoms with Crippen molar-refractivity contribution < 1.29 is 4.74 Å². The first-order valence-electron chi connectivity index (χ1n) is 7.69. The highest BCUT2D eigenvalue weighted by Gasteiger charge is 2.32. The quantitative estimate of drug-likeness (QED) is 0.637. The lowest BCUT2D eigenvalue weighted by Crippen LogP contribution is -2.36. The fraction of sp³-hybridized carbons (Fsp3) is 0.588. The van der Waals surface area contributed by atoms with E-state index >= 15 is 0 Å². The molecule has 3 N–H and O–H groups in total. The van der Waals surface area contributed by atoms with Crippen LogP contribution < -0.4 is 10.5 Å². The van der Waals surface area contributed by atoms with Gasteiger partial charge in [0.15, 0.2) is 0 Å². The predicted molar refractivity (Wildman–Crippen MR) is 88.2 cm³/mol. The maximum Gasteiger partial charge on any atom is 0.124 e. The van der Waals surface area contributed by atoms with E-state index in [9.17, 15) is 0 Å². The minimum absolute atomic E-state index is 0.0158. The Kier molecular flexibility index (Phi) is 5.15. The molecule has 1 aromatic rings. The lowest BCUT2D eigenvalue weighted by molar-refractivity contribution is 0.0460. The first kappa shape index (κ1) is 16.2. The van der Waals surface area contributed by atoms with E-state index in [0.29, 0.717) is 28.3 Å². The van der Waals surface area contributed by atoms with Crippen molar-refractivity contribution in [3.8, 4) is 5.75 Å². The number of nitrogens with one attached hydrogen (secondary N) is 1. The highest BCUT2D eigenvalue weighted by Crippen LogP contribution is 2.36. The average Bonchev–Trinajstić information content (AvgIpc) is 2.37. The van der Waals surface area contributed by atoms with Gasteiger partial charge in [-0.3, -0.25) is 5.41 Å². The van der Waals surface area contributed by atoms with Crippen LogP contribution in [0.2, 0.25) is 5.02 Å². The molecule has 3 nitrogen and oxygen atoms in total. The number of hydrogen-bond acceptors (Lipinski definition) is 2. The minimum Gasteiger partial charge on any atom is -0.490 e. The maximum atomic E-state index is 7.47. The van der Waals surface area contributed by atoms with E-state index in [4.69, 9.17) is 27.5 Å². The molecule has 21 heavy (non-hydrogen) atoms. The second-order valence-corrected chi connectivity index (χ2v) is 6.94. The van der Waals surface area contributed by atoms with Crippen molar-refractivity contribution in [2.24, 2.45) is 23.5 Å². The molecular formula is C17H25ClN2O. The Balaban J connectivity index is 2.15. The van der Waals surface area contributed by atoms with Gasteiger partial charge in [0.05, 0.1) is 5.02 Å². The van der Waals surface area contributed by atoms with Crippen LogP contribution in [0.1, 0.15) is 45.6 Å². The van der Waals surface area contributed by atoms with E-state index in [2.05, 4.69) is 20.8 Å². The molecule has 3 atom stereocenters. The number of halogens is 1. The van der Waals surface area contributed by atoms with Crippen LogP contribution in [0.15, 0.2) is 18.2 Å². The Morgan fingerprint density at radius 1 is 1.38 bits per heavy atom. The van der Waals surface area contributed by atoms with E-state index in [1.165, 1.54) is 12.8 Å². The molecular weight excluding hydrogens is 284 g/mol. The van der Waals surface area contributed by atoms with Gasteiger partial charge in [-0.25, -0.2) is 0 Å². The van der Waals surface area contributed by atoms with Gasteiger partial charge in [0.1, 0.15) is 17.7 Å². The normalized spacial score (nSPS) is 25.9. The van der Waals surface area contributed by atoms with Crippen LogP contribution in [-0.4, -0.2) is 11.9 Å². The highest BCUT2D eigenvalue weighted by atomic mass is 35.5. The molecule has 1 fully saturated rings. The molecule has 0 spiro atoms. The van der Waals surface area contributed by atoms with Crippen LogP contribution in [0.5, 0.6) is 5.75 Å². The minimum atomic E-state index is -0.0158. The zero-order valence-corrected chi connectivity index (χ0v) is 13.8. The van der Waals surface area contributed by atoms with Gasteiger partial charge in [0.2, 0.25) is 0 Å². The topological polar surface area (TPSA) is 59.1 Å². The van der Waals surface area contributed by atoms with Crippen LogP contribution >= 0.6 is 11.6 Å². The third kappa shape index (κ3) is 3.91. The van der Waals surface area contributed by atoms with Crippen LogP contribution in [0.25, 0.3) is 0 Å². The fourth-order valence-electron chi connectivity index (χ4n) is 3.21. The number of ether oxygens (including phenoxy) is 1. The first-order valence-corrected chi connectivity index (χ1v) is 8.07. The molecule has 116 valence electrons. The van der Waals surface area contributed by atoms with Crippen LogP contribution in [0.3, 0.4) is 0 Å². The summed E-state index contributed by atoms with van der Waals surface area (Å²) in [7, 11) is 0. The van der Waals surface area contributed by atoms with Crippen LogP contribution in [-0.2, 0) is 0 Å². The lowest BCUT2D eigenvalue weighted by atomic mass is 9.75. The van der Waals surface area contributed by atoms with Crippen molar-refractivity contribution in [3.63, 3.8) is 0 Å². The molecule has 1 aliphatic carbocycles. The number of nitrogen functional groups attached to an aromatic ring is 1. The Hall–Kier alpha value is -1.22. The standard InChI is InChI=1S/C17H25ClN2O/c1-10(2)13-6-4-11(3)8-16(13)21-12-5-7-14(17(19)20)15(18)9-12/h5,7,9-11,13,16H,4,6,8H2,1-3H3,(H3,19,20). The third-order valence-corrected chi connectivity index (χ3v) is 4.79. The SMILES string of the molecule is CC1CCC(C(C)C)C(Oc2ccc(C(=N)N)c(Cl)c2)C1. The van der Waals surface area contributed by atoms with Gasteiger partial charge >= 0.3 is 0 Å². The fourth-order valence-corrected chi connectivity index (χ4v) is 3.48. The Bertz CT molecular complexity index is 516. The Morgan fingerprint density at radius 2 is 2.10 bits per heavy atom. The number of rotatable bonds is 4. The summed E-state index contributed by atoms with van der Waals surface area (Å²) >= 11 is 6.17. The second kappa shape index (κ2) is 6.69. The highest BCUT2D eigenvalue weighted by molar-refractivity contribution is 6.34. The van der Waals surface area contributed by atoms with Gasteiger partial charge in [-0.1, -0.05) is 38.8 Å². The van der Waals surface area contributed by atoms with Gasteiger partial charge in [-0.15, -0.1) is 0 Å². The van der Waals surface area contributed by atoms with E-state index in [1.807, 2.05) is 6.07 Å². The summed E-state index contributed by atoms with van der Waals surface area (Å²) in [6.45, 7) is 6.82. The zero-order chi connectivity index (χ0) is 15.6. The molecule has 0 heterocycles. The summed E-state index contributed by atoms with van der Waals surface area (Å²) in [4.78, 5) is 0. The van der Waals surface area contributed by atoms with Crippen molar-refractivity contribution >= 4 is 17.4 Å². The molecule has 1 aliphatic rings. The average molecular weight is 309 g/mol. The van der Waals surface area contributed by atoms with Gasteiger partial charge in [0, 0.05) is 5.56 Å². The van der Waals surface area contributed by atoms with Crippen molar-refractivity contribution in [1.29, 1.82) is 5.41 Å². The second-order valence-electron chi connectivity index (χ2n) is 6.54. The number of hydrogen-bond donors (Lipinski definition) is 2. The lowest BCUT2D eigenvalue weighted by Gasteiger charge is -2.37. The van der Waals surface area contributed by atoms with Crippen LogP contribution in [0.4, 0.5) is 0 Å². The molecule has 0 aliphatic heterocycles. The summed E-state index contributed by atoms with van der Waals surface area (Å²) in [6.07, 6.45) is 3.85. The molecule has 0 amide bonds. The molecule has 4 heteroatoms. The molecule has 0 radical (unpaired) electrons. The molecule has 0 saturated heterocycles. The first-order chi connectivity index (χ1) is 9.88. The van der Waals surface area contributed by atoms with Gasteiger partial charge in [0.25, 0.3) is 0 Å². The van der Waals surface area contributed by atoms with Gasteiger partial charge in [-0.2, -0.15) is 0 Å². The van der Waals surface area contributed by atoms with E-state index in [1.54, 1.807) is 12.1 Å². The summed E-state index contributed by atoms with van der Waals surface area (Å²) < 4.78 is 6.22. The Labute approximate surface area is 132 Å². The molecule has 3 unspecified atom stereocenters. The molecule has 0 bridgehead atoms. The monoisotopic (exact) mass is 308 g/mol. The smallest absolute Gasteiger partial charge is 0.124 e. The number of nitrogens with two attached hydrogens (primary N) is 1. The van der Waals surface area contributed by atoms with Crippen molar-refractivity contribution in [2.75, 3.05) is 0 Å². The predicted octanol–water partition coefficient (Wildman–Crippen LogP) is 4.46. The maximum absolute atomic E-state index is 7.47. The van der Waals surface area contributed by atoms with E-state index in [0.717, 1.165) is 12.2 Å². The van der Waals surface area contributed by atoms with Gasteiger partial charge in [-0.05, 0) is 48.8 Å². The summed E-state index contributed by atoms with van der Waals surface area (Å²) in [5.74, 6) is 2.67. The summed E-state index contributed by atoms with van der Waals surface area (Å²) in [6, 6.07) is 5.39. The number of benzene rings is 1. The Morgan fingerprint density at radius 3 is 2.67 bits per heavy atom. The summed E-state index contributed by atoms with van der Waals surface area (Å²) in [5.41, 5.74) is 6.04. The van der Waals surface area contributed by atoms with Crippen molar-refractivity contribution in [2.45, 2.75) is 46.1 Å². The molecule has 2 rings (SSSR count). The van der Waals surface area contributed by atoms with Crippen molar-refractivity contribution in [3.05, 3.63) is 28.8 Å². The van der Waals surface area contributed by atoms with E-state index in [-0.39, 0.29) is 11.9 Å². The molecule has 0 aromatic heterocycles. The third-order valence-electron chi connectivity index (χ3n) is 4.48. The van der Waals surface area contributed by atoms with Crippen LogP contribution in [0, 0.1) is 23.2 Å². The zero-order valence-electron chi connectivity index (χ0n) is 13.0. The van der Waals surface area contributed by atoms with Gasteiger partial charge < -0.3 is 10.5 Å². The number of amidine groups is 1. The molecule has 1 saturated carbocycles.